The van der Waals surface area contributed by atoms with E-state index in [2.05, 4.69) is 15.6 Å². The number of rotatable bonds is 6. The molecule has 1 aliphatic heterocycles. The summed E-state index contributed by atoms with van der Waals surface area (Å²) < 4.78 is 5.48. The van der Waals surface area contributed by atoms with Crippen molar-refractivity contribution in [1.82, 2.24) is 10.3 Å². The van der Waals surface area contributed by atoms with E-state index in [4.69, 9.17) is 10.5 Å². The molecule has 2 heterocycles. The second-order valence-electron chi connectivity index (χ2n) is 4.88. The van der Waals surface area contributed by atoms with Gasteiger partial charge in [-0.25, -0.2) is 0 Å². The molecular weight excluding hydrogens is 272 g/mol. The highest BCUT2D eigenvalue weighted by atomic mass is 16.5. The highest BCUT2D eigenvalue weighted by Crippen LogP contribution is 2.18. The van der Waals surface area contributed by atoms with Crippen LogP contribution < -0.4 is 16.4 Å². The number of hydrogen-bond acceptors (Lipinski definition) is 5. The Bertz CT molecular complexity index is 480. The predicted molar refractivity (Wildman–Crippen MR) is 77.4 cm³/mol. The first-order valence-corrected chi connectivity index (χ1v) is 7.02. The van der Waals surface area contributed by atoms with E-state index in [-0.39, 0.29) is 30.9 Å². The number of ether oxygens (including phenoxy) is 1. The summed E-state index contributed by atoms with van der Waals surface area (Å²) in [5, 5.41) is 5.43. The van der Waals surface area contributed by atoms with Crippen LogP contribution in [0, 0.1) is 0 Å². The molecule has 21 heavy (non-hydrogen) atoms. The monoisotopic (exact) mass is 292 g/mol. The Labute approximate surface area is 123 Å². The van der Waals surface area contributed by atoms with Crippen molar-refractivity contribution < 1.29 is 14.3 Å². The van der Waals surface area contributed by atoms with Gasteiger partial charge in [-0.15, -0.1) is 0 Å². The van der Waals surface area contributed by atoms with Gasteiger partial charge in [0.05, 0.1) is 6.10 Å². The van der Waals surface area contributed by atoms with Crippen LogP contribution in [0.2, 0.25) is 0 Å². The van der Waals surface area contributed by atoms with Crippen molar-refractivity contribution in [3.63, 3.8) is 0 Å². The largest absolute Gasteiger partial charge is 0.364 e. The summed E-state index contributed by atoms with van der Waals surface area (Å²) in [6, 6.07) is 3.41. The zero-order chi connectivity index (χ0) is 15.1. The molecule has 2 atom stereocenters. The molecule has 0 aliphatic carbocycles. The van der Waals surface area contributed by atoms with Crippen molar-refractivity contribution >= 4 is 17.5 Å². The van der Waals surface area contributed by atoms with Crippen molar-refractivity contribution in [3.8, 4) is 0 Å². The van der Waals surface area contributed by atoms with Gasteiger partial charge in [-0.05, 0) is 25.0 Å². The molecule has 0 spiro atoms. The third-order valence-corrected chi connectivity index (χ3v) is 3.28. The second-order valence-corrected chi connectivity index (χ2v) is 4.88. The van der Waals surface area contributed by atoms with Crippen LogP contribution in [-0.4, -0.2) is 42.1 Å². The lowest BCUT2D eigenvalue weighted by molar-refractivity contribution is -0.131. The van der Waals surface area contributed by atoms with Gasteiger partial charge >= 0.3 is 0 Å². The van der Waals surface area contributed by atoms with Gasteiger partial charge in [-0.3, -0.25) is 14.6 Å². The number of aromatic nitrogens is 1. The van der Waals surface area contributed by atoms with E-state index in [0.717, 1.165) is 6.42 Å². The summed E-state index contributed by atoms with van der Waals surface area (Å²) in [5.41, 5.74) is 6.18. The van der Waals surface area contributed by atoms with Crippen molar-refractivity contribution in [2.45, 2.75) is 31.5 Å². The number of nitrogens with two attached hydrogens (primary N) is 1. The Hall–Kier alpha value is -1.99. The summed E-state index contributed by atoms with van der Waals surface area (Å²) in [7, 11) is 0. The van der Waals surface area contributed by atoms with Crippen molar-refractivity contribution in [3.05, 3.63) is 24.5 Å². The molecule has 0 bridgehead atoms. The maximum atomic E-state index is 11.8. The van der Waals surface area contributed by atoms with Crippen LogP contribution in [0.25, 0.3) is 0 Å². The average molecular weight is 292 g/mol. The molecule has 1 aliphatic rings. The predicted octanol–water partition coefficient (Wildman–Crippen LogP) is 0.0327. The quantitative estimate of drug-likeness (QED) is 0.686. The molecule has 7 heteroatoms. The highest BCUT2D eigenvalue weighted by molar-refractivity contribution is 5.91. The van der Waals surface area contributed by atoms with Crippen LogP contribution in [0.5, 0.6) is 0 Å². The Balaban J connectivity index is 1.65. The summed E-state index contributed by atoms with van der Waals surface area (Å²) >= 11 is 0. The van der Waals surface area contributed by atoms with Crippen LogP contribution in [0.15, 0.2) is 24.5 Å². The van der Waals surface area contributed by atoms with E-state index in [9.17, 15) is 9.59 Å². The maximum Gasteiger partial charge on any atom is 0.249 e. The molecule has 1 aromatic rings. The normalized spacial score (nSPS) is 21.0. The van der Waals surface area contributed by atoms with Crippen molar-refractivity contribution in [2.75, 3.05) is 18.4 Å². The first-order chi connectivity index (χ1) is 10.2. The smallest absolute Gasteiger partial charge is 0.249 e. The summed E-state index contributed by atoms with van der Waals surface area (Å²) in [5.74, 6) is -0.337. The van der Waals surface area contributed by atoms with Crippen LogP contribution in [-0.2, 0) is 14.3 Å². The lowest BCUT2D eigenvalue weighted by atomic mass is 10.2. The summed E-state index contributed by atoms with van der Waals surface area (Å²) in [4.78, 5) is 27.4. The molecule has 7 nitrogen and oxygen atoms in total. The zero-order valence-corrected chi connectivity index (χ0v) is 11.7. The number of anilines is 1. The molecule has 2 amide bonds. The van der Waals surface area contributed by atoms with E-state index in [1.165, 1.54) is 0 Å². The molecular formula is C14H20N4O3. The number of nitrogens with one attached hydrogen (secondary N) is 2. The van der Waals surface area contributed by atoms with Crippen LogP contribution in [0.1, 0.15) is 19.3 Å². The molecule has 0 saturated carbocycles. The number of nitrogens with zero attached hydrogens (tertiary/aromatic N) is 1. The summed E-state index contributed by atoms with van der Waals surface area (Å²) in [6.07, 6.45) is 4.41. The van der Waals surface area contributed by atoms with E-state index in [0.29, 0.717) is 18.7 Å². The minimum absolute atomic E-state index is 0.0317. The number of carbonyl (C=O) groups is 2. The molecule has 0 radical (unpaired) electrons. The minimum Gasteiger partial charge on any atom is -0.364 e. The van der Waals surface area contributed by atoms with Gasteiger partial charge in [0.25, 0.3) is 0 Å². The van der Waals surface area contributed by atoms with E-state index in [1.807, 2.05) is 0 Å². The maximum absolute atomic E-state index is 11.8. The van der Waals surface area contributed by atoms with Gasteiger partial charge in [0.1, 0.15) is 6.10 Å². The van der Waals surface area contributed by atoms with Gasteiger partial charge in [0.15, 0.2) is 0 Å². The fourth-order valence-corrected chi connectivity index (χ4v) is 2.14. The number of pyridine rings is 1. The third-order valence-electron chi connectivity index (χ3n) is 3.28. The van der Waals surface area contributed by atoms with Crippen LogP contribution in [0.4, 0.5) is 5.69 Å². The molecule has 114 valence electrons. The topological polar surface area (TPSA) is 106 Å². The van der Waals surface area contributed by atoms with E-state index in [1.54, 1.807) is 24.5 Å². The van der Waals surface area contributed by atoms with E-state index >= 15 is 0 Å². The fraction of sp³-hybridized carbons (Fsp3) is 0.500. The Kier molecular flexibility index (Phi) is 5.65. The molecule has 1 aromatic heterocycles. The van der Waals surface area contributed by atoms with Gasteiger partial charge < -0.3 is 21.1 Å². The fourth-order valence-electron chi connectivity index (χ4n) is 2.14. The van der Waals surface area contributed by atoms with Gasteiger partial charge in [-0.2, -0.15) is 0 Å². The molecule has 1 fully saturated rings. The number of hydrogen-bond donors (Lipinski definition) is 3. The molecule has 2 rings (SSSR count). The number of carbonyl (C=O) groups excluding carboxylic acids is 2. The Morgan fingerprint density at radius 2 is 2.10 bits per heavy atom. The molecule has 0 aromatic carbocycles. The van der Waals surface area contributed by atoms with E-state index < -0.39 is 6.10 Å². The van der Waals surface area contributed by atoms with Crippen LogP contribution in [0.3, 0.4) is 0 Å². The standard InChI is InChI=1S/C14H20N4O3/c15-9-11-1-2-12(21-11)14(20)17-8-5-13(19)18-10-3-6-16-7-4-10/h3-4,6-7,11-12H,1-2,5,8-9,15H2,(H,17,20)(H,16,18,19)/t11-,12+/m1/s1. The second kappa shape index (κ2) is 7.70. The molecule has 0 unspecified atom stereocenters. The first kappa shape index (κ1) is 15.4. The zero-order valence-electron chi connectivity index (χ0n) is 11.7. The summed E-state index contributed by atoms with van der Waals surface area (Å²) in [6.45, 7) is 0.709. The third kappa shape index (κ3) is 4.80. The van der Waals surface area contributed by atoms with Crippen LogP contribution >= 0.6 is 0 Å². The average Bonchev–Trinajstić information content (AvgIpc) is 2.97. The van der Waals surface area contributed by atoms with Gasteiger partial charge in [-0.1, -0.05) is 0 Å². The minimum atomic E-state index is -0.443. The van der Waals surface area contributed by atoms with Crippen molar-refractivity contribution in [2.24, 2.45) is 5.73 Å². The first-order valence-electron chi connectivity index (χ1n) is 7.02. The Morgan fingerprint density at radius 1 is 1.33 bits per heavy atom. The molecule has 1 saturated heterocycles. The highest BCUT2D eigenvalue weighted by Gasteiger charge is 2.29. The number of amides is 2. The lowest BCUT2D eigenvalue weighted by Crippen LogP contribution is -2.37. The van der Waals surface area contributed by atoms with Gasteiger partial charge in [0, 0.05) is 37.6 Å². The van der Waals surface area contributed by atoms with Gasteiger partial charge in [0.2, 0.25) is 11.8 Å². The molecule has 4 N–H and O–H groups in total. The SMILES string of the molecule is NC[C@H]1CC[C@@H](C(=O)NCCC(=O)Nc2ccncc2)O1. The van der Waals surface area contributed by atoms with Crippen molar-refractivity contribution in [1.29, 1.82) is 0 Å². The Morgan fingerprint density at radius 3 is 2.76 bits per heavy atom. The lowest BCUT2D eigenvalue weighted by Gasteiger charge is -2.12.